The molecule has 0 aliphatic carbocycles. The first kappa shape index (κ1) is 18.4. The predicted molar refractivity (Wildman–Crippen MR) is 95.0 cm³/mol. The number of amides is 1. The number of rotatable bonds is 6. The molecule has 1 aromatic heterocycles. The van der Waals surface area contributed by atoms with E-state index in [1.54, 1.807) is 38.4 Å². The number of methoxy groups -OCH3 is 2. The molecule has 1 amide bonds. The van der Waals surface area contributed by atoms with Crippen LogP contribution in [0.2, 0.25) is 0 Å². The summed E-state index contributed by atoms with van der Waals surface area (Å²) in [6, 6.07) is 10.7. The van der Waals surface area contributed by atoms with Crippen LogP contribution in [0, 0.1) is 5.82 Å². The Bertz CT molecular complexity index is 958. The topological polar surface area (TPSA) is 77.7 Å². The van der Waals surface area contributed by atoms with Crippen molar-refractivity contribution in [2.45, 2.75) is 6.54 Å². The molecule has 0 unspecified atom stereocenters. The third-order valence-corrected chi connectivity index (χ3v) is 3.90. The fourth-order valence-corrected chi connectivity index (χ4v) is 2.53. The van der Waals surface area contributed by atoms with Crippen molar-refractivity contribution in [1.82, 2.24) is 15.0 Å². The highest BCUT2D eigenvalue weighted by atomic mass is 19.1. The Balaban J connectivity index is 1.75. The minimum atomic E-state index is -0.470. The van der Waals surface area contributed by atoms with Gasteiger partial charge in [0.1, 0.15) is 5.82 Å². The maximum Gasteiger partial charge on any atom is 0.254 e. The van der Waals surface area contributed by atoms with Crippen molar-refractivity contribution in [3.8, 4) is 22.9 Å². The molecule has 1 heterocycles. The molecule has 27 heavy (non-hydrogen) atoms. The molecular weight excluding hydrogens is 353 g/mol. The molecule has 0 bridgehead atoms. The van der Waals surface area contributed by atoms with Crippen molar-refractivity contribution < 1.29 is 23.2 Å². The lowest BCUT2D eigenvalue weighted by atomic mass is 10.2. The fourth-order valence-electron chi connectivity index (χ4n) is 2.53. The molecule has 0 spiro atoms. The van der Waals surface area contributed by atoms with Gasteiger partial charge in [-0.15, -0.1) is 0 Å². The third-order valence-electron chi connectivity index (χ3n) is 3.90. The van der Waals surface area contributed by atoms with Gasteiger partial charge in [-0.3, -0.25) is 4.79 Å². The van der Waals surface area contributed by atoms with Gasteiger partial charge in [-0.2, -0.15) is 4.98 Å². The Labute approximate surface area is 155 Å². The molecule has 0 saturated heterocycles. The Hall–Kier alpha value is -3.42. The van der Waals surface area contributed by atoms with Crippen LogP contribution in [0.1, 0.15) is 16.2 Å². The quantitative estimate of drug-likeness (QED) is 0.662. The van der Waals surface area contributed by atoms with Crippen LogP contribution >= 0.6 is 0 Å². The highest BCUT2D eigenvalue weighted by Gasteiger charge is 2.17. The Morgan fingerprint density at radius 3 is 2.63 bits per heavy atom. The van der Waals surface area contributed by atoms with Crippen molar-refractivity contribution in [1.29, 1.82) is 0 Å². The molecule has 7 nitrogen and oxygen atoms in total. The second-order valence-electron chi connectivity index (χ2n) is 5.75. The van der Waals surface area contributed by atoms with Crippen molar-refractivity contribution in [2.24, 2.45) is 0 Å². The number of aromatic nitrogens is 2. The molecule has 0 aliphatic heterocycles. The van der Waals surface area contributed by atoms with E-state index in [4.69, 9.17) is 14.0 Å². The normalized spacial score (nSPS) is 10.5. The summed E-state index contributed by atoms with van der Waals surface area (Å²) in [6.07, 6.45) is 0. The zero-order valence-corrected chi connectivity index (χ0v) is 15.1. The molecule has 8 heteroatoms. The first-order valence-electron chi connectivity index (χ1n) is 8.08. The molecule has 0 fully saturated rings. The van der Waals surface area contributed by atoms with Crippen LogP contribution in [-0.2, 0) is 6.54 Å². The third kappa shape index (κ3) is 4.05. The smallest absolute Gasteiger partial charge is 0.254 e. The lowest BCUT2D eigenvalue weighted by Gasteiger charge is -2.14. The van der Waals surface area contributed by atoms with Crippen LogP contribution in [0.15, 0.2) is 47.0 Å². The minimum Gasteiger partial charge on any atom is -0.493 e. The summed E-state index contributed by atoms with van der Waals surface area (Å²) in [6.45, 7) is 0.0929. The molecule has 0 saturated carbocycles. The zero-order valence-electron chi connectivity index (χ0n) is 15.1. The summed E-state index contributed by atoms with van der Waals surface area (Å²) in [5, 5.41) is 3.94. The zero-order chi connectivity index (χ0) is 19.4. The summed E-state index contributed by atoms with van der Waals surface area (Å²) in [5.41, 5.74) is 0.930. The number of hydrogen-bond donors (Lipinski definition) is 0. The molecular formula is C19H18FN3O4. The van der Waals surface area contributed by atoms with E-state index in [2.05, 4.69) is 10.1 Å². The van der Waals surface area contributed by atoms with Crippen LogP contribution in [0.5, 0.6) is 11.5 Å². The van der Waals surface area contributed by atoms with Gasteiger partial charge < -0.3 is 18.9 Å². The van der Waals surface area contributed by atoms with Gasteiger partial charge in [0.15, 0.2) is 11.5 Å². The standard InChI is InChI=1S/C19H18FN3O4/c1-23(19(24)13-5-4-6-14(20)9-13)11-17-21-18(22-27-17)12-7-8-15(25-2)16(10-12)26-3/h4-10H,11H2,1-3H3. The Morgan fingerprint density at radius 1 is 1.15 bits per heavy atom. The minimum absolute atomic E-state index is 0.0929. The van der Waals surface area contributed by atoms with Gasteiger partial charge in [0, 0.05) is 18.2 Å². The molecule has 0 atom stereocenters. The molecule has 0 aliphatic rings. The van der Waals surface area contributed by atoms with E-state index in [0.717, 1.165) is 0 Å². The number of carbonyl (C=O) groups is 1. The van der Waals surface area contributed by atoms with Gasteiger partial charge in [-0.25, -0.2) is 4.39 Å². The van der Waals surface area contributed by atoms with E-state index in [0.29, 0.717) is 22.9 Å². The van der Waals surface area contributed by atoms with E-state index < -0.39 is 5.82 Å². The van der Waals surface area contributed by atoms with E-state index in [9.17, 15) is 9.18 Å². The van der Waals surface area contributed by atoms with Gasteiger partial charge in [-0.1, -0.05) is 11.2 Å². The van der Waals surface area contributed by atoms with E-state index in [1.165, 1.54) is 30.2 Å². The largest absolute Gasteiger partial charge is 0.493 e. The highest BCUT2D eigenvalue weighted by molar-refractivity contribution is 5.93. The van der Waals surface area contributed by atoms with Gasteiger partial charge >= 0.3 is 0 Å². The lowest BCUT2D eigenvalue weighted by Crippen LogP contribution is -2.26. The predicted octanol–water partition coefficient (Wildman–Crippen LogP) is 3.17. The average molecular weight is 371 g/mol. The summed E-state index contributed by atoms with van der Waals surface area (Å²) in [4.78, 5) is 18.0. The first-order chi connectivity index (χ1) is 13.0. The number of ether oxygens (including phenoxy) is 2. The number of carbonyl (C=O) groups excluding carboxylic acids is 1. The van der Waals surface area contributed by atoms with Gasteiger partial charge in [0.2, 0.25) is 11.7 Å². The summed E-state index contributed by atoms with van der Waals surface area (Å²) in [7, 11) is 4.67. The first-order valence-corrected chi connectivity index (χ1v) is 8.08. The Morgan fingerprint density at radius 2 is 1.93 bits per heavy atom. The number of nitrogens with zero attached hydrogens (tertiary/aromatic N) is 3. The highest BCUT2D eigenvalue weighted by Crippen LogP contribution is 2.31. The van der Waals surface area contributed by atoms with Crippen molar-refractivity contribution in [3.63, 3.8) is 0 Å². The summed E-state index contributed by atoms with van der Waals surface area (Å²) < 4.78 is 29.0. The average Bonchev–Trinajstić information content (AvgIpc) is 3.15. The van der Waals surface area contributed by atoms with Crippen molar-refractivity contribution >= 4 is 5.91 Å². The van der Waals surface area contributed by atoms with E-state index >= 15 is 0 Å². The summed E-state index contributed by atoms with van der Waals surface area (Å²) >= 11 is 0. The van der Waals surface area contributed by atoms with Crippen molar-refractivity contribution in [3.05, 3.63) is 59.7 Å². The van der Waals surface area contributed by atoms with E-state index in [1.807, 2.05) is 0 Å². The van der Waals surface area contributed by atoms with Crippen LogP contribution in [0.25, 0.3) is 11.4 Å². The molecule has 3 aromatic rings. The molecule has 2 aromatic carbocycles. The summed E-state index contributed by atoms with van der Waals surface area (Å²) in [5.74, 6) is 0.929. The number of halogens is 1. The Kier molecular flexibility index (Phi) is 5.35. The lowest BCUT2D eigenvalue weighted by molar-refractivity contribution is 0.0769. The van der Waals surface area contributed by atoms with E-state index in [-0.39, 0.29) is 23.9 Å². The SMILES string of the molecule is COc1ccc(-c2noc(CN(C)C(=O)c3cccc(F)c3)n2)cc1OC. The number of hydrogen-bond acceptors (Lipinski definition) is 6. The van der Waals surface area contributed by atoms with Crippen LogP contribution in [0.4, 0.5) is 4.39 Å². The fraction of sp³-hybridized carbons (Fsp3) is 0.211. The second-order valence-corrected chi connectivity index (χ2v) is 5.75. The van der Waals surface area contributed by atoms with Crippen LogP contribution in [0.3, 0.4) is 0 Å². The van der Waals surface area contributed by atoms with Gasteiger partial charge in [-0.05, 0) is 36.4 Å². The molecule has 0 N–H and O–H groups in total. The molecule has 3 rings (SSSR count). The van der Waals surface area contributed by atoms with Gasteiger partial charge in [0.25, 0.3) is 5.91 Å². The molecule has 0 radical (unpaired) electrons. The monoisotopic (exact) mass is 371 g/mol. The van der Waals surface area contributed by atoms with Gasteiger partial charge in [0.05, 0.1) is 20.8 Å². The van der Waals surface area contributed by atoms with Crippen LogP contribution < -0.4 is 9.47 Å². The molecule has 140 valence electrons. The number of benzene rings is 2. The second kappa shape index (κ2) is 7.86. The van der Waals surface area contributed by atoms with Crippen LogP contribution in [-0.4, -0.2) is 42.2 Å². The maximum atomic E-state index is 13.3. The van der Waals surface area contributed by atoms with Crippen molar-refractivity contribution in [2.75, 3.05) is 21.3 Å². The maximum absolute atomic E-state index is 13.3.